The van der Waals surface area contributed by atoms with Crippen molar-refractivity contribution in [3.63, 3.8) is 0 Å². The molecule has 0 atom stereocenters. The van der Waals surface area contributed by atoms with Gasteiger partial charge in [0.2, 0.25) is 10.0 Å². The summed E-state index contributed by atoms with van der Waals surface area (Å²) in [5.74, 6) is -0.763. The number of sulfonamides is 1. The third-order valence-electron chi connectivity index (χ3n) is 2.86. The first-order valence-electron chi connectivity index (χ1n) is 6.26. The molecule has 0 bridgehead atoms. The predicted molar refractivity (Wildman–Crippen MR) is 79.5 cm³/mol. The molecule has 0 saturated heterocycles. The van der Waals surface area contributed by atoms with Crippen LogP contribution < -0.4 is 5.32 Å². The Bertz CT molecular complexity index is 772. The third kappa shape index (κ3) is 3.46. The number of hydrogen-bond acceptors (Lipinski definition) is 4. The molecule has 0 unspecified atom stereocenters. The van der Waals surface area contributed by atoms with E-state index in [1.165, 1.54) is 50.5 Å². The van der Waals surface area contributed by atoms with Gasteiger partial charge < -0.3 is 5.32 Å². The van der Waals surface area contributed by atoms with E-state index in [1.807, 2.05) is 0 Å². The van der Waals surface area contributed by atoms with Crippen molar-refractivity contribution in [3.8, 4) is 0 Å². The van der Waals surface area contributed by atoms with E-state index < -0.39 is 21.7 Å². The van der Waals surface area contributed by atoms with Gasteiger partial charge in [0.25, 0.3) is 5.91 Å². The largest absolute Gasteiger partial charge is 0.307 e. The van der Waals surface area contributed by atoms with E-state index >= 15 is 0 Å². The molecular formula is C14H14FN3O3S. The Morgan fingerprint density at radius 1 is 1.14 bits per heavy atom. The maximum Gasteiger partial charge on any atom is 0.256 e. The summed E-state index contributed by atoms with van der Waals surface area (Å²) in [6.07, 6.45) is 0.988. The van der Waals surface area contributed by atoms with Crippen LogP contribution in [0.15, 0.2) is 47.5 Å². The van der Waals surface area contributed by atoms with Gasteiger partial charge in [0, 0.05) is 19.7 Å². The number of carbonyl (C=O) groups is 1. The predicted octanol–water partition coefficient (Wildman–Crippen LogP) is 1.72. The van der Waals surface area contributed by atoms with Crippen molar-refractivity contribution >= 4 is 21.7 Å². The van der Waals surface area contributed by atoms with E-state index in [0.29, 0.717) is 0 Å². The van der Waals surface area contributed by atoms with Gasteiger partial charge >= 0.3 is 0 Å². The summed E-state index contributed by atoms with van der Waals surface area (Å²) < 4.78 is 37.7. The fourth-order valence-electron chi connectivity index (χ4n) is 1.63. The van der Waals surface area contributed by atoms with Crippen LogP contribution in [0.1, 0.15) is 10.4 Å². The summed E-state index contributed by atoms with van der Waals surface area (Å²) in [5.41, 5.74) is 0.267. The first-order valence-corrected chi connectivity index (χ1v) is 7.70. The summed E-state index contributed by atoms with van der Waals surface area (Å²) in [5, 5.41) is 2.49. The summed E-state index contributed by atoms with van der Waals surface area (Å²) >= 11 is 0. The van der Waals surface area contributed by atoms with Gasteiger partial charge in [-0.15, -0.1) is 0 Å². The van der Waals surface area contributed by atoms with E-state index in [1.54, 1.807) is 0 Å². The number of amides is 1. The van der Waals surface area contributed by atoms with Gasteiger partial charge in [-0.05, 0) is 36.4 Å². The Morgan fingerprint density at radius 3 is 2.27 bits per heavy atom. The molecule has 0 aliphatic rings. The lowest BCUT2D eigenvalue weighted by Crippen LogP contribution is -2.22. The minimum atomic E-state index is -3.54. The number of carbonyl (C=O) groups excluding carboxylic acids is 1. The van der Waals surface area contributed by atoms with Crippen LogP contribution in [0.3, 0.4) is 0 Å². The Kier molecular flexibility index (Phi) is 4.53. The fraction of sp³-hybridized carbons (Fsp3) is 0.143. The number of rotatable bonds is 4. The molecule has 1 aromatic heterocycles. The number of anilines is 1. The first-order chi connectivity index (χ1) is 10.3. The van der Waals surface area contributed by atoms with Crippen LogP contribution in [0.25, 0.3) is 0 Å². The van der Waals surface area contributed by atoms with Crippen molar-refractivity contribution in [2.45, 2.75) is 4.90 Å². The molecule has 2 aromatic rings. The van der Waals surface area contributed by atoms with Crippen molar-refractivity contribution in [1.82, 2.24) is 9.29 Å². The summed E-state index contributed by atoms with van der Waals surface area (Å²) in [6.45, 7) is 0. The first kappa shape index (κ1) is 16.1. The second-order valence-electron chi connectivity index (χ2n) is 4.63. The number of pyridine rings is 1. The zero-order valence-corrected chi connectivity index (χ0v) is 12.8. The van der Waals surface area contributed by atoms with E-state index in [9.17, 15) is 17.6 Å². The minimum absolute atomic E-state index is 0.0916. The Hall–Kier alpha value is -2.32. The zero-order chi connectivity index (χ0) is 16.3. The van der Waals surface area contributed by atoms with Crippen molar-refractivity contribution in [3.05, 3.63) is 54.0 Å². The van der Waals surface area contributed by atoms with Crippen molar-refractivity contribution in [1.29, 1.82) is 0 Å². The molecule has 0 saturated carbocycles. The van der Waals surface area contributed by atoms with E-state index in [4.69, 9.17) is 0 Å². The van der Waals surface area contributed by atoms with Gasteiger partial charge in [-0.3, -0.25) is 4.79 Å². The molecule has 22 heavy (non-hydrogen) atoms. The van der Waals surface area contributed by atoms with Gasteiger partial charge in [-0.2, -0.15) is 0 Å². The molecule has 0 aliphatic heterocycles. The van der Waals surface area contributed by atoms with Gasteiger partial charge in [0.1, 0.15) is 11.6 Å². The lowest BCUT2D eigenvalue weighted by Gasteiger charge is -2.11. The van der Waals surface area contributed by atoms with Gasteiger partial charge in [-0.1, -0.05) is 0 Å². The molecule has 8 heteroatoms. The van der Waals surface area contributed by atoms with E-state index in [2.05, 4.69) is 10.3 Å². The molecule has 6 nitrogen and oxygen atoms in total. The zero-order valence-electron chi connectivity index (χ0n) is 11.9. The molecule has 0 spiro atoms. The number of nitrogens with one attached hydrogen (secondary N) is 1. The highest BCUT2D eigenvalue weighted by atomic mass is 32.2. The van der Waals surface area contributed by atoms with Gasteiger partial charge in [0.15, 0.2) is 0 Å². The normalized spacial score (nSPS) is 11.5. The van der Waals surface area contributed by atoms with E-state index in [0.717, 1.165) is 10.5 Å². The maximum atomic E-state index is 12.7. The topological polar surface area (TPSA) is 79.4 Å². The monoisotopic (exact) mass is 323 g/mol. The summed E-state index contributed by atoms with van der Waals surface area (Å²) in [7, 11) is -0.682. The number of aromatic nitrogens is 1. The molecule has 116 valence electrons. The van der Waals surface area contributed by atoms with Crippen molar-refractivity contribution in [2.75, 3.05) is 19.4 Å². The molecule has 1 aromatic carbocycles. The van der Waals surface area contributed by atoms with Crippen LogP contribution in [0.4, 0.5) is 10.2 Å². The summed E-state index contributed by atoms with van der Waals surface area (Å²) in [4.78, 5) is 15.8. The standard InChI is InChI=1S/C14H14FN3O3S/c1-18(2)22(20,21)12-6-3-10(4-7-12)14(19)17-13-8-5-11(15)9-16-13/h3-9H,1-2H3,(H,16,17,19). The van der Waals surface area contributed by atoms with Crippen molar-refractivity contribution < 1.29 is 17.6 Å². The Labute approximate surface area is 127 Å². The quantitative estimate of drug-likeness (QED) is 0.929. The smallest absolute Gasteiger partial charge is 0.256 e. The lowest BCUT2D eigenvalue weighted by molar-refractivity contribution is 0.102. The van der Waals surface area contributed by atoms with Crippen molar-refractivity contribution in [2.24, 2.45) is 0 Å². The average molecular weight is 323 g/mol. The molecule has 1 heterocycles. The number of hydrogen-bond donors (Lipinski definition) is 1. The molecule has 2 rings (SSSR count). The highest BCUT2D eigenvalue weighted by molar-refractivity contribution is 7.89. The molecule has 0 aliphatic carbocycles. The minimum Gasteiger partial charge on any atom is -0.307 e. The van der Waals surface area contributed by atoms with Crippen LogP contribution in [-0.4, -0.2) is 37.7 Å². The SMILES string of the molecule is CN(C)S(=O)(=O)c1ccc(C(=O)Nc2ccc(F)cn2)cc1. The highest BCUT2D eigenvalue weighted by Gasteiger charge is 2.17. The second-order valence-corrected chi connectivity index (χ2v) is 6.78. The van der Waals surface area contributed by atoms with Gasteiger partial charge in [0.05, 0.1) is 11.1 Å². The van der Waals surface area contributed by atoms with Crippen LogP contribution in [0, 0.1) is 5.82 Å². The van der Waals surface area contributed by atoms with Crippen LogP contribution in [0.5, 0.6) is 0 Å². The molecular weight excluding hydrogens is 309 g/mol. The van der Waals surface area contributed by atoms with Crippen LogP contribution in [0.2, 0.25) is 0 Å². The maximum absolute atomic E-state index is 12.7. The Balaban J connectivity index is 2.16. The highest BCUT2D eigenvalue weighted by Crippen LogP contribution is 2.15. The summed E-state index contributed by atoms with van der Waals surface area (Å²) in [6, 6.07) is 8.00. The second kappa shape index (κ2) is 6.20. The third-order valence-corrected chi connectivity index (χ3v) is 4.69. The average Bonchev–Trinajstić information content (AvgIpc) is 2.49. The molecule has 1 amide bonds. The van der Waals surface area contributed by atoms with Crippen LogP contribution in [-0.2, 0) is 10.0 Å². The number of halogens is 1. The number of nitrogens with zero attached hydrogens (tertiary/aromatic N) is 2. The molecule has 0 fully saturated rings. The molecule has 1 N–H and O–H groups in total. The van der Waals surface area contributed by atoms with Crippen LogP contribution >= 0.6 is 0 Å². The lowest BCUT2D eigenvalue weighted by atomic mass is 10.2. The fourth-order valence-corrected chi connectivity index (χ4v) is 2.53. The van der Waals surface area contributed by atoms with E-state index in [-0.39, 0.29) is 16.3 Å². The Morgan fingerprint density at radius 2 is 1.77 bits per heavy atom. The number of benzene rings is 1. The molecule has 0 radical (unpaired) electrons. The van der Waals surface area contributed by atoms with Gasteiger partial charge in [-0.25, -0.2) is 22.1 Å².